The van der Waals surface area contributed by atoms with Crippen molar-refractivity contribution in [1.82, 2.24) is 9.55 Å². The molecule has 0 aliphatic carbocycles. The van der Waals surface area contributed by atoms with Crippen molar-refractivity contribution in [3.05, 3.63) is 43.0 Å². The van der Waals surface area contributed by atoms with E-state index in [2.05, 4.69) is 23.2 Å². The number of aromatic nitrogens is 2. The first kappa shape index (κ1) is 25.6. The van der Waals surface area contributed by atoms with Gasteiger partial charge in [0.1, 0.15) is 6.23 Å². The molecule has 1 saturated heterocycles. The van der Waals surface area contributed by atoms with Crippen molar-refractivity contribution in [1.29, 1.82) is 0 Å². The predicted octanol–water partition coefficient (Wildman–Crippen LogP) is 0.155. The molecule has 0 spiro atoms. The van der Waals surface area contributed by atoms with Gasteiger partial charge in [-0.3, -0.25) is 18.9 Å². The molecular formula is C10H16N5O13P3. The highest BCUT2D eigenvalue weighted by Crippen LogP contribution is 2.67. The van der Waals surface area contributed by atoms with E-state index in [1.165, 1.54) is 13.1 Å². The monoisotopic (exact) mass is 507 g/mol. The highest BCUT2D eigenvalue weighted by molar-refractivity contribution is 7.66. The van der Waals surface area contributed by atoms with Gasteiger partial charge in [0.15, 0.2) is 0 Å². The molecule has 3 atom stereocenters. The van der Waals surface area contributed by atoms with Crippen LogP contribution < -0.4 is 11.2 Å². The van der Waals surface area contributed by atoms with Gasteiger partial charge in [0.2, 0.25) is 0 Å². The molecule has 1 aromatic heterocycles. The van der Waals surface area contributed by atoms with Crippen molar-refractivity contribution in [2.45, 2.75) is 31.7 Å². The van der Waals surface area contributed by atoms with Gasteiger partial charge in [-0.15, -0.1) is 0 Å². The lowest BCUT2D eigenvalue weighted by Gasteiger charge is -2.21. The molecule has 0 unspecified atom stereocenters. The lowest BCUT2D eigenvalue weighted by molar-refractivity contribution is -0.0267. The summed E-state index contributed by atoms with van der Waals surface area (Å²) in [7, 11) is -16.7. The quantitative estimate of drug-likeness (QED) is 0.129. The largest absolute Gasteiger partial charge is 0.492 e. The van der Waals surface area contributed by atoms with Gasteiger partial charge >= 0.3 is 29.2 Å². The average Bonchev–Trinajstić information content (AvgIpc) is 2.96. The summed E-state index contributed by atoms with van der Waals surface area (Å²) in [5.74, 6) is 0. The van der Waals surface area contributed by atoms with Gasteiger partial charge in [-0.05, 0) is 12.5 Å². The number of hydrogen-bond donors (Lipinski definition) is 5. The molecule has 0 saturated carbocycles. The molecule has 31 heavy (non-hydrogen) atoms. The van der Waals surface area contributed by atoms with Crippen LogP contribution in [-0.4, -0.2) is 47.9 Å². The van der Waals surface area contributed by atoms with Crippen LogP contribution in [0.1, 0.15) is 18.2 Å². The molecule has 18 nitrogen and oxygen atoms in total. The second kappa shape index (κ2) is 9.46. The molecule has 0 aromatic carbocycles. The van der Waals surface area contributed by atoms with Gasteiger partial charge in [-0.2, -0.15) is 8.62 Å². The van der Waals surface area contributed by atoms with Gasteiger partial charge in [-0.25, -0.2) is 18.5 Å². The molecule has 1 aliphatic rings. The average molecular weight is 507 g/mol. The van der Waals surface area contributed by atoms with Crippen molar-refractivity contribution in [3.8, 4) is 0 Å². The molecule has 5 N–H and O–H groups in total. The van der Waals surface area contributed by atoms with Crippen LogP contribution in [0.15, 0.2) is 20.9 Å². The van der Waals surface area contributed by atoms with Crippen molar-refractivity contribution < 1.29 is 51.2 Å². The Hall–Kier alpha value is -1.64. The summed E-state index contributed by atoms with van der Waals surface area (Å²) in [6.45, 7) is 0.457. The maximum absolute atomic E-state index is 12.2. The number of nitrogens with zero attached hydrogens (tertiary/aromatic N) is 4. The van der Waals surface area contributed by atoms with E-state index in [0.717, 1.165) is 4.57 Å². The Bertz CT molecular complexity index is 1100. The molecule has 1 aliphatic heterocycles. The molecule has 0 radical (unpaired) electrons. The molecule has 1 aromatic rings. The maximum atomic E-state index is 12.2. The van der Waals surface area contributed by atoms with Crippen molar-refractivity contribution in [3.63, 3.8) is 0 Å². The number of aryl methyl sites for hydroxylation is 1. The minimum Gasteiger partial charge on any atom is -0.352 e. The third kappa shape index (κ3) is 7.47. The van der Waals surface area contributed by atoms with Crippen LogP contribution in [0.3, 0.4) is 0 Å². The number of rotatable bonds is 9. The van der Waals surface area contributed by atoms with Crippen molar-refractivity contribution >= 4 is 23.5 Å². The van der Waals surface area contributed by atoms with Crippen molar-refractivity contribution in [2.24, 2.45) is 5.11 Å². The third-order valence-corrected chi connectivity index (χ3v) is 7.44. The van der Waals surface area contributed by atoms with E-state index in [9.17, 15) is 23.3 Å². The Kier molecular flexibility index (Phi) is 7.82. The molecule has 0 amide bonds. The number of ether oxygens (including phenoxy) is 1. The summed E-state index contributed by atoms with van der Waals surface area (Å²) >= 11 is 0. The van der Waals surface area contributed by atoms with E-state index in [1.807, 2.05) is 4.98 Å². The van der Waals surface area contributed by atoms with Crippen LogP contribution >= 0.6 is 23.5 Å². The second-order valence-corrected chi connectivity index (χ2v) is 10.4. The molecule has 2 rings (SSSR count). The van der Waals surface area contributed by atoms with E-state index >= 15 is 0 Å². The SMILES string of the molecule is Cc1cn([C@H]2C[C@H](N=[N+]=[N-])[C@@H](COP(=O)(OP(=O)(O)O)OP(=O)(O)O)O2)c(=O)[nH]c1=O. The van der Waals surface area contributed by atoms with Crippen LogP contribution in [0.5, 0.6) is 0 Å². The van der Waals surface area contributed by atoms with Crippen LogP contribution in [0.4, 0.5) is 0 Å². The Labute approximate surface area is 171 Å². The number of H-pyrrole nitrogens is 1. The number of nitrogens with one attached hydrogen (secondary N) is 1. The van der Waals surface area contributed by atoms with E-state index in [4.69, 9.17) is 29.8 Å². The second-order valence-electron chi connectivity index (χ2n) is 6.00. The van der Waals surface area contributed by atoms with Crippen LogP contribution in [0.25, 0.3) is 10.4 Å². The summed E-state index contributed by atoms with van der Waals surface area (Å²) in [5, 5.41) is 3.41. The summed E-state index contributed by atoms with van der Waals surface area (Å²) in [6, 6.07) is -1.09. The van der Waals surface area contributed by atoms with Gasteiger partial charge in [-0.1, -0.05) is 5.11 Å². The zero-order chi connectivity index (χ0) is 23.6. The van der Waals surface area contributed by atoms with Gasteiger partial charge in [0.05, 0.1) is 18.8 Å². The Morgan fingerprint density at radius 2 is 1.84 bits per heavy atom. The fourth-order valence-electron chi connectivity index (χ4n) is 2.51. The third-order valence-electron chi connectivity index (χ3n) is 3.67. The Morgan fingerprint density at radius 1 is 1.26 bits per heavy atom. The smallest absolute Gasteiger partial charge is 0.352 e. The highest BCUT2D eigenvalue weighted by atomic mass is 31.3. The molecule has 21 heteroatoms. The van der Waals surface area contributed by atoms with Crippen molar-refractivity contribution in [2.75, 3.05) is 6.61 Å². The maximum Gasteiger partial charge on any atom is 0.492 e. The summed E-state index contributed by atoms with van der Waals surface area (Å²) < 4.78 is 52.7. The first-order valence-electron chi connectivity index (χ1n) is 7.92. The standard InChI is InChI=1S/C10H16N5O13P3/c1-5-3-15(10(17)12-9(5)16)8-2-6(13-14-11)7(26-8)4-25-31(24,27-29(18,19)20)28-30(21,22)23/h3,6-8H,2,4H2,1H3,(H,12,16,17)(H2,18,19,20)(H2,21,22,23)/t6-,7+,8+/m0/s1. The minimum atomic E-state index is -5.60. The first-order valence-corrected chi connectivity index (χ1v) is 12.4. The molecule has 174 valence electrons. The molecule has 1 fully saturated rings. The Morgan fingerprint density at radius 3 is 2.35 bits per heavy atom. The van der Waals surface area contributed by atoms with Crippen LogP contribution in [0.2, 0.25) is 0 Å². The van der Waals surface area contributed by atoms with Crippen LogP contribution in [0, 0.1) is 6.92 Å². The number of azide groups is 1. The molecular weight excluding hydrogens is 491 g/mol. The zero-order valence-electron chi connectivity index (χ0n) is 15.3. The lowest BCUT2D eigenvalue weighted by atomic mass is 10.1. The summed E-state index contributed by atoms with van der Waals surface area (Å²) in [5.41, 5.74) is 7.35. The van der Waals surface area contributed by atoms with E-state index < -0.39 is 59.7 Å². The van der Waals surface area contributed by atoms with Gasteiger partial charge in [0, 0.05) is 23.1 Å². The first-order chi connectivity index (χ1) is 14.1. The Balaban J connectivity index is 2.26. The number of phosphoric acid groups is 3. The lowest BCUT2D eigenvalue weighted by Crippen LogP contribution is -2.33. The normalized spacial score (nSPS) is 22.3. The van der Waals surface area contributed by atoms with E-state index in [-0.39, 0.29) is 12.0 Å². The molecule has 2 heterocycles. The fourth-order valence-corrected chi connectivity index (χ4v) is 5.69. The highest BCUT2D eigenvalue weighted by Gasteiger charge is 2.44. The van der Waals surface area contributed by atoms with Crippen LogP contribution in [-0.2, 0) is 31.6 Å². The van der Waals surface area contributed by atoms with Gasteiger partial charge < -0.3 is 24.3 Å². The number of hydrogen-bond acceptors (Lipinski definition) is 10. The minimum absolute atomic E-state index is 0.146. The topological polar surface area (TPSA) is 273 Å². The van der Waals surface area contributed by atoms with Gasteiger partial charge in [0.25, 0.3) is 5.56 Å². The summed E-state index contributed by atoms with van der Waals surface area (Å²) in [4.78, 5) is 63.3. The number of aromatic amines is 1. The van der Waals surface area contributed by atoms with E-state index in [0.29, 0.717) is 0 Å². The van der Waals surface area contributed by atoms with E-state index in [1.54, 1.807) is 0 Å². The summed E-state index contributed by atoms with van der Waals surface area (Å²) in [6.07, 6.45) is -1.42. The fraction of sp³-hybridized carbons (Fsp3) is 0.600. The zero-order valence-corrected chi connectivity index (χ0v) is 18.0. The predicted molar refractivity (Wildman–Crippen MR) is 97.3 cm³/mol. The molecule has 0 bridgehead atoms.